The number of hydrogen-bond acceptors (Lipinski definition) is 18. The molecule has 23 nitrogen and oxygen atoms in total. The van der Waals surface area contributed by atoms with Crippen molar-refractivity contribution < 1.29 is 48.7 Å². The predicted octanol–water partition coefficient (Wildman–Crippen LogP) is 4.77. The summed E-state index contributed by atoms with van der Waals surface area (Å²) in [5.41, 5.74) is -3.66. The smallest absolute Gasteiger partial charge is 0.350 e. The van der Waals surface area contributed by atoms with Crippen LogP contribution in [-0.2, 0) is 50.2 Å². The molecule has 0 saturated heterocycles. The van der Waals surface area contributed by atoms with Gasteiger partial charge in [0, 0.05) is 58.8 Å². The van der Waals surface area contributed by atoms with Crippen molar-refractivity contribution in [3.8, 4) is 28.3 Å². The van der Waals surface area contributed by atoms with E-state index in [0.717, 1.165) is 19.1 Å². The fourth-order valence-corrected chi connectivity index (χ4v) is 7.19. The van der Waals surface area contributed by atoms with E-state index in [1.807, 2.05) is 25.1 Å². The molecule has 3 aromatic carbocycles. The number of aromatic nitrogens is 2. The van der Waals surface area contributed by atoms with Crippen molar-refractivity contribution in [2.24, 2.45) is 5.16 Å². The van der Waals surface area contributed by atoms with Gasteiger partial charge in [0.05, 0.1) is 72.0 Å². The molecule has 0 amide bonds. The van der Waals surface area contributed by atoms with E-state index in [2.05, 4.69) is 5.16 Å². The molecular formula is C38H30N8O15. The van der Waals surface area contributed by atoms with Gasteiger partial charge in [0.2, 0.25) is 6.10 Å². The average Bonchev–Trinajstić information content (AvgIpc) is 3.72. The Labute approximate surface area is 340 Å². The molecule has 3 heterocycles. The molecule has 5 aromatic rings. The molecule has 23 heteroatoms. The zero-order valence-electron chi connectivity index (χ0n) is 32.3. The molecule has 2 aliphatic rings. The Morgan fingerprint density at radius 2 is 1.48 bits per heavy atom. The highest BCUT2D eigenvalue weighted by atomic mass is 16.7. The van der Waals surface area contributed by atoms with E-state index < -0.39 is 107 Å². The number of benzene rings is 3. The first-order chi connectivity index (χ1) is 28.9. The van der Waals surface area contributed by atoms with Gasteiger partial charge in [-0.1, -0.05) is 5.16 Å². The fourth-order valence-electron chi connectivity index (χ4n) is 7.19. The van der Waals surface area contributed by atoms with Crippen LogP contribution in [0.15, 0.2) is 58.5 Å². The lowest BCUT2D eigenvalue weighted by molar-refractivity contribution is -0.395. The molecule has 2 aromatic heterocycles. The van der Waals surface area contributed by atoms with Crippen molar-refractivity contribution in [2.75, 3.05) is 14.1 Å². The Kier molecular flexibility index (Phi) is 10.4. The number of aromatic hydroxyl groups is 1. The number of carbonyl (C=O) groups excluding carboxylic acids is 2. The maximum Gasteiger partial charge on any atom is 0.350 e. The van der Waals surface area contributed by atoms with Crippen LogP contribution in [0.2, 0.25) is 0 Å². The Morgan fingerprint density at radius 3 is 2.02 bits per heavy atom. The first-order valence-electron chi connectivity index (χ1n) is 17.9. The molecule has 0 spiro atoms. The van der Waals surface area contributed by atoms with Gasteiger partial charge in [0.1, 0.15) is 24.7 Å². The number of nitro groups is 4. The minimum atomic E-state index is -1.63. The Morgan fingerprint density at radius 1 is 0.869 bits per heavy atom. The third kappa shape index (κ3) is 7.39. The van der Waals surface area contributed by atoms with Crippen molar-refractivity contribution in [1.29, 1.82) is 0 Å². The van der Waals surface area contributed by atoms with Gasteiger partial charge < -0.3 is 28.9 Å². The molecule has 0 radical (unpaired) electrons. The first-order valence-corrected chi connectivity index (χ1v) is 17.9. The van der Waals surface area contributed by atoms with Crippen molar-refractivity contribution in [2.45, 2.75) is 46.3 Å². The Balaban J connectivity index is 1.23. The van der Waals surface area contributed by atoms with E-state index in [1.54, 1.807) is 12.1 Å². The number of esters is 2. The summed E-state index contributed by atoms with van der Waals surface area (Å²) in [6, 6.07) is 9.34. The lowest BCUT2D eigenvalue weighted by Crippen LogP contribution is -2.27. The van der Waals surface area contributed by atoms with Gasteiger partial charge in [-0.3, -0.25) is 50.0 Å². The van der Waals surface area contributed by atoms with E-state index >= 15 is 0 Å². The van der Waals surface area contributed by atoms with E-state index in [1.165, 1.54) is 17.6 Å². The number of nitro benzene ring substituents is 4. The minimum absolute atomic E-state index is 0.0191. The summed E-state index contributed by atoms with van der Waals surface area (Å²) < 4.78 is 12.1. The monoisotopic (exact) mass is 838 g/mol. The summed E-state index contributed by atoms with van der Waals surface area (Å²) in [4.78, 5) is 95.0. The van der Waals surface area contributed by atoms with Gasteiger partial charge in [0.15, 0.2) is 0 Å². The standard InChI is InChI=1S/C38H30N8O15/c1-17(61-40-36-24-9-21(43(51)52)11-29(45(55)56)33(24)34-25(36)10-22(44(53)54)12-30(34)46(57)58)38(50)60-15-20-8-31-35-19(13-42(31)37(49)27(20)16-59-18(2)47)7-23-26(14-41(3)4)32(48)6-5-28(23)39-35/h5-12,17,48H,13-16H2,1-4H3/t17-/m0/s1. The van der Waals surface area contributed by atoms with Crippen LogP contribution in [-0.4, -0.2) is 77.1 Å². The van der Waals surface area contributed by atoms with Crippen LogP contribution >= 0.6 is 0 Å². The lowest BCUT2D eigenvalue weighted by Gasteiger charge is -2.15. The number of oxime groups is 1. The second kappa shape index (κ2) is 15.5. The number of non-ortho nitro benzene ring substituents is 2. The van der Waals surface area contributed by atoms with Crippen LogP contribution in [0.5, 0.6) is 5.75 Å². The molecule has 1 N–H and O–H groups in total. The van der Waals surface area contributed by atoms with Crippen LogP contribution in [0.3, 0.4) is 0 Å². The number of carbonyl (C=O) groups is 2. The van der Waals surface area contributed by atoms with Gasteiger partial charge in [-0.15, -0.1) is 0 Å². The van der Waals surface area contributed by atoms with Gasteiger partial charge in [0.25, 0.3) is 28.3 Å². The molecule has 312 valence electrons. The summed E-state index contributed by atoms with van der Waals surface area (Å²) in [5, 5.41) is 62.9. The fraction of sp³-hybridized carbons (Fsp3) is 0.237. The molecule has 1 aliphatic carbocycles. The molecule has 0 saturated carbocycles. The van der Waals surface area contributed by atoms with Crippen LogP contribution < -0.4 is 5.56 Å². The van der Waals surface area contributed by atoms with E-state index in [0.29, 0.717) is 52.1 Å². The summed E-state index contributed by atoms with van der Waals surface area (Å²) in [6.45, 7) is 1.75. The van der Waals surface area contributed by atoms with E-state index in [-0.39, 0.29) is 23.4 Å². The van der Waals surface area contributed by atoms with Crippen LogP contribution in [0.4, 0.5) is 22.7 Å². The molecule has 0 bridgehead atoms. The minimum Gasteiger partial charge on any atom is -0.508 e. The number of fused-ring (bicyclic) bond motifs is 7. The highest BCUT2D eigenvalue weighted by Crippen LogP contribution is 2.50. The summed E-state index contributed by atoms with van der Waals surface area (Å²) >= 11 is 0. The highest BCUT2D eigenvalue weighted by Gasteiger charge is 2.42. The molecule has 61 heavy (non-hydrogen) atoms. The van der Waals surface area contributed by atoms with Crippen molar-refractivity contribution in [3.05, 3.63) is 133 Å². The summed E-state index contributed by atoms with van der Waals surface area (Å²) in [7, 11) is 3.69. The van der Waals surface area contributed by atoms with E-state index in [4.69, 9.17) is 19.3 Å². The maximum absolute atomic E-state index is 14.0. The first kappa shape index (κ1) is 41.0. The molecule has 1 aliphatic heterocycles. The number of nitrogens with zero attached hydrogens (tertiary/aromatic N) is 8. The summed E-state index contributed by atoms with van der Waals surface area (Å²) in [6.07, 6.45) is -1.63. The average molecular weight is 839 g/mol. The Bertz CT molecular complexity index is 2820. The number of hydrogen-bond donors (Lipinski definition) is 1. The third-order valence-corrected chi connectivity index (χ3v) is 9.91. The molecule has 7 rings (SSSR count). The number of ether oxygens (including phenoxy) is 2. The maximum atomic E-state index is 14.0. The van der Waals surface area contributed by atoms with Crippen LogP contribution in [0, 0.1) is 40.5 Å². The van der Waals surface area contributed by atoms with Gasteiger partial charge in [-0.05, 0) is 45.3 Å². The number of phenolic OH excluding ortho intramolecular Hbond substituents is 1. The zero-order valence-corrected chi connectivity index (χ0v) is 32.3. The second-order valence-electron chi connectivity index (χ2n) is 14.2. The van der Waals surface area contributed by atoms with Gasteiger partial charge >= 0.3 is 11.9 Å². The quantitative estimate of drug-likeness (QED) is 0.0928. The van der Waals surface area contributed by atoms with Crippen molar-refractivity contribution in [1.82, 2.24) is 14.5 Å². The Hall–Kier alpha value is -8.21. The normalized spacial score (nSPS) is 12.6. The van der Waals surface area contributed by atoms with Crippen molar-refractivity contribution in [3.63, 3.8) is 0 Å². The van der Waals surface area contributed by atoms with Crippen LogP contribution in [0.1, 0.15) is 47.2 Å². The SMILES string of the molecule is CC(=O)OCc1c(COC(=O)[C@H](C)ON=C2c3cc([N+](=O)[O-])cc([N+](=O)[O-])c3-c3c2cc([N+](=O)[O-])cc3[N+](=O)[O-])cc2n(c1=O)Cc1cc3c(CN(C)C)c(O)ccc3nc1-2. The number of rotatable bonds is 13. The van der Waals surface area contributed by atoms with Gasteiger partial charge in [-0.2, -0.15) is 0 Å². The molecule has 0 unspecified atom stereocenters. The third-order valence-electron chi connectivity index (χ3n) is 9.91. The second-order valence-corrected chi connectivity index (χ2v) is 14.2. The lowest BCUT2D eigenvalue weighted by atomic mass is 10.0. The topological polar surface area (TPSA) is 305 Å². The van der Waals surface area contributed by atoms with Crippen LogP contribution in [0.25, 0.3) is 33.4 Å². The predicted molar refractivity (Wildman–Crippen MR) is 210 cm³/mol. The highest BCUT2D eigenvalue weighted by molar-refractivity contribution is 6.27. The molecule has 0 fully saturated rings. The van der Waals surface area contributed by atoms with Gasteiger partial charge in [-0.25, -0.2) is 9.78 Å². The summed E-state index contributed by atoms with van der Waals surface area (Å²) in [5.74, 6) is -1.72. The number of pyridine rings is 2. The van der Waals surface area contributed by atoms with Crippen molar-refractivity contribution >= 4 is 51.3 Å². The molecular weight excluding hydrogens is 808 g/mol. The number of phenols is 1. The zero-order chi connectivity index (χ0) is 44.2. The van der Waals surface area contributed by atoms with E-state index in [9.17, 15) is 59.9 Å². The molecule has 1 atom stereocenters. The largest absolute Gasteiger partial charge is 0.508 e.